The molecule has 0 fully saturated rings. The molecule has 0 spiro atoms. The van der Waals surface area contributed by atoms with E-state index in [2.05, 4.69) is 10.5 Å². The van der Waals surface area contributed by atoms with Crippen LogP contribution in [0.15, 0.2) is 47.6 Å². The average Bonchev–Trinajstić information content (AvgIpc) is 2.61. The molecule has 0 aliphatic carbocycles. The maximum atomic E-state index is 11.3. The summed E-state index contributed by atoms with van der Waals surface area (Å²) < 4.78 is 5.71. The maximum Gasteiger partial charge on any atom is 0.154 e. The van der Waals surface area contributed by atoms with Gasteiger partial charge >= 0.3 is 0 Å². The Labute approximate surface area is 162 Å². The van der Waals surface area contributed by atoms with Crippen LogP contribution in [0.2, 0.25) is 10.0 Å². The molecule has 26 heavy (non-hydrogen) atoms. The van der Waals surface area contributed by atoms with Crippen LogP contribution in [0, 0.1) is 11.3 Å². The summed E-state index contributed by atoms with van der Waals surface area (Å²) in [6.45, 7) is 1.75. The van der Waals surface area contributed by atoms with E-state index < -0.39 is 6.04 Å². The zero-order valence-corrected chi connectivity index (χ0v) is 15.6. The molecule has 0 amide bonds. The highest BCUT2D eigenvalue weighted by Crippen LogP contribution is 2.22. The van der Waals surface area contributed by atoms with Crippen molar-refractivity contribution in [3.8, 4) is 11.8 Å². The third kappa shape index (κ3) is 6.07. The van der Waals surface area contributed by atoms with E-state index >= 15 is 0 Å². The minimum atomic E-state index is -0.594. The first-order valence-electron chi connectivity index (χ1n) is 7.82. The van der Waals surface area contributed by atoms with Crippen molar-refractivity contribution < 1.29 is 9.53 Å². The van der Waals surface area contributed by atoms with Gasteiger partial charge in [0, 0.05) is 15.6 Å². The fraction of sp³-hybridized carbons (Fsp3) is 0.211. The van der Waals surface area contributed by atoms with Crippen LogP contribution in [0.4, 0.5) is 0 Å². The fourth-order valence-corrected chi connectivity index (χ4v) is 2.49. The van der Waals surface area contributed by atoms with E-state index in [9.17, 15) is 4.79 Å². The van der Waals surface area contributed by atoms with Crippen LogP contribution in [0.25, 0.3) is 0 Å². The van der Waals surface area contributed by atoms with Gasteiger partial charge in [-0.3, -0.25) is 10.2 Å². The number of nitrogens with zero attached hydrogens (tertiary/aromatic N) is 2. The van der Waals surface area contributed by atoms with E-state index in [1.807, 2.05) is 36.4 Å². The Bertz CT molecular complexity index is 830. The van der Waals surface area contributed by atoms with Gasteiger partial charge in [-0.15, -0.1) is 0 Å². The predicted octanol–water partition coefficient (Wildman–Crippen LogP) is 4.37. The summed E-state index contributed by atoms with van der Waals surface area (Å²) in [4.78, 5) is 11.3. The van der Waals surface area contributed by atoms with E-state index in [1.54, 1.807) is 18.3 Å². The van der Waals surface area contributed by atoms with Crippen molar-refractivity contribution in [2.75, 3.05) is 0 Å². The van der Waals surface area contributed by atoms with Gasteiger partial charge in [-0.1, -0.05) is 29.3 Å². The number of ketones is 1. The molecule has 0 saturated carbocycles. The number of hydrogen-bond acceptors (Lipinski definition) is 5. The molecular formula is C19H17Cl2N3O2. The Morgan fingerprint density at radius 2 is 2.04 bits per heavy atom. The molecular weight excluding hydrogens is 373 g/mol. The van der Waals surface area contributed by atoms with Crippen LogP contribution < -0.4 is 10.2 Å². The second-order valence-corrected chi connectivity index (χ2v) is 6.35. The van der Waals surface area contributed by atoms with Crippen LogP contribution in [0.3, 0.4) is 0 Å². The average molecular weight is 390 g/mol. The predicted molar refractivity (Wildman–Crippen MR) is 103 cm³/mol. The molecule has 0 aliphatic heterocycles. The van der Waals surface area contributed by atoms with Crippen molar-refractivity contribution in [2.24, 2.45) is 5.10 Å². The molecule has 0 saturated heterocycles. The number of ether oxygens (including phenoxy) is 1. The number of nitriles is 1. The van der Waals surface area contributed by atoms with Crippen molar-refractivity contribution >= 4 is 35.2 Å². The smallest absolute Gasteiger partial charge is 0.154 e. The van der Waals surface area contributed by atoms with Gasteiger partial charge in [-0.25, -0.2) is 0 Å². The summed E-state index contributed by atoms with van der Waals surface area (Å²) in [6.07, 6.45) is 1.65. The van der Waals surface area contributed by atoms with Gasteiger partial charge in [0.1, 0.15) is 18.4 Å². The number of nitrogens with one attached hydrogen (secondary N) is 1. The van der Waals surface area contributed by atoms with Crippen LogP contribution in [-0.2, 0) is 11.4 Å². The molecule has 2 rings (SSSR count). The van der Waals surface area contributed by atoms with Crippen molar-refractivity contribution in [1.82, 2.24) is 5.43 Å². The van der Waals surface area contributed by atoms with Gasteiger partial charge in [0.15, 0.2) is 5.78 Å². The minimum Gasteiger partial charge on any atom is -0.489 e. The molecule has 0 aromatic heterocycles. The topological polar surface area (TPSA) is 74.5 Å². The molecule has 2 aromatic rings. The van der Waals surface area contributed by atoms with E-state index in [0.29, 0.717) is 22.4 Å². The summed E-state index contributed by atoms with van der Waals surface area (Å²) in [6, 6.07) is 13.9. The van der Waals surface area contributed by atoms with E-state index in [1.165, 1.54) is 6.92 Å². The molecule has 7 heteroatoms. The van der Waals surface area contributed by atoms with E-state index in [0.717, 1.165) is 11.1 Å². The molecule has 1 N–H and O–H groups in total. The molecule has 1 unspecified atom stereocenters. The lowest BCUT2D eigenvalue weighted by atomic mass is 10.2. The van der Waals surface area contributed by atoms with Crippen molar-refractivity contribution in [3.05, 3.63) is 63.6 Å². The Hall–Kier alpha value is -2.55. The zero-order valence-electron chi connectivity index (χ0n) is 14.1. The number of halogens is 2. The number of hydrogen-bond donors (Lipinski definition) is 1. The second-order valence-electron chi connectivity index (χ2n) is 5.51. The standard InChI is InChI=1S/C19H17Cl2N3O2/c1-13(25)19(8-9-22)24-23-11-14-2-6-17(7-3-14)26-12-15-4-5-16(20)10-18(15)21/h2-7,10-11,19,24H,8,12H2,1H3. The largest absolute Gasteiger partial charge is 0.489 e. The summed E-state index contributed by atoms with van der Waals surface area (Å²) in [5.41, 5.74) is 4.35. The third-order valence-electron chi connectivity index (χ3n) is 3.52. The number of Topliss-reactive ketones (excluding diaryl/α,β-unsaturated/α-hetero) is 1. The zero-order chi connectivity index (χ0) is 18.9. The molecule has 0 heterocycles. The molecule has 1 atom stereocenters. The van der Waals surface area contributed by atoms with Crippen LogP contribution >= 0.6 is 23.2 Å². The Kier molecular flexibility index (Phi) is 7.46. The van der Waals surface area contributed by atoms with Gasteiger partial charge in [-0.2, -0.15) is 10.4 Å². The highest BCUT2D eigenvalue weighted by atomic mass is 35.5. The third-order valence-corrected chi connectivity index (χ3v) is 4.11. The number of rotatable bonds is 8. The molecule has 0 radical (unpaired) electrons. The lowest BCUT2D eigenvalue weighted by Crippen LogP contribution is -2.31. The molecule has 134 valence electrons. The van der Waals surface area contributed by atoms with E-state index in [4.69, 9.17) is 33.2 Å². The SMILES string of the molecule is CC(=O)C(CC#N)NN=Cc1ccc(OCc2ccc(Cl)cc2Cl)cc1. The summed E-state index contributed by atoms with van der Waals surface area (Å²) in [5, 5.41) is 13.8. The van der Waals surface area contributed by atoms with Crippen LogP contribution in [0.1, 0.15) is 24.5 Å². The summed E-state index contributed by atoms with van der Waals surface area (Å²) in [5.74, 6) is 0.556. The van der Waals surface area contributed by atoms with Crippen LogP contribution in [0.5, 0.6) is 5.75 Å². The molecule has 2 aromatic carbocycles. The number of hydrazone groups is 1. The monoisotopic (exact) mass is 389 g/mol. The number of benzene rings is 2. The fourth-order valence-electron chi connectivity index (χ4n) is 2.02. The first-order chi connectivity index (χ1) is 12.5. The Balaban J connectivity index is 1.90. The van der Waals surface area contributed by atoms with Gasteiger partial charge < -0.3 is 4.74 Å². The first-order valence-corrected chi connectivity index (χ1v) is 8.58. The quantitative estimate of drug-likeness (QED) is 0.537. The summed E-state index contributed by atoms with van der Waals surface area (Å²) in [7, 11) is 0. The van der Waals surface area contributed by atoms with Gasteiger partial charge in [0.05, 0.1) is 18.7 Å². The highest BCUT2D eigenvalue weighted by molar-refractivity contribution is 6.35. The highest BCUT2D eigenvalue weighted by Gasteiger charge is 2.11. The number of carbonyl (C=O) groups is 1. The van der Waals surface area contributed by atoms with Gasteiger partial charge in [-0.05, 0) is 48.9 Å². The van der Waals surface area contributed by atoms with Gasteiger partial charge in [0.25, 0.3) is 0 Å². The molecule has 0 aliphatic rings. The van der Waals surface area contributed by atoms with Gasteiger partial charge in [0.2, 0.25) is 0 Å². The lowest BCUT2D eigenvalue weighted by molar-refractivity contribution is -0.118. The van der Waals surface area contributed by atoms with Crippen molar-refractivity contribution in [3.63, 3.8) is 0 Å². The number of carbonyl (C=O) groups excluding carboxylic acids is 1. The Morgan fingerprint density at radius 3 is 2.65 bits per heavy atom. The second kappa shape index (κ2) is 9.81. The maximum absolute atomic E-state index is 11.3. The van der Waals surface area contributed by atoms with Crippen LogP contribution in [-0.4, -0.2) is 18.0 Å². The van der Waals surface area contributed by atoms with E-state index in [-0.39, 0.29) is 12.2 Å². The first kappa shape index (κ1) is 19.8. The lowest BCUT2D eigenvalue weighted by Gasteiger charge is -2.09. The Morgan fingerprint density at radius 1 is 1.31 bits per heavy atom. The molecule has 5 nitrogen and oxygen atoms in total. The minimum absolute atomic E-state index is 0.0761. The summed E-state index contributed by atoms with van der Waals surface area (Å²) >= 11 is 12.0. The normalized spacial score (nSPS) is 11.8. The molecule has 0 bridgehead atoms. The van der Waals surface area contributed by atoms with Crippen molar-refractivity contribution in [2.45, 2.75) is 26.0 Å². The van der Waals surface area contributed by atoms with Crippen molar-refractivity contribution in [1.29, 1.82) is 5.26 Å².